The lowest BCUT2D eigenvalue weighted by Gasteiger charge is -2.45. The van der Waals surface area contributed by atoms with Gasteiger partial charge in [-0.2, -0.15) is 5.26 Å². The van der Waals surface area contributed by atoms with Crippen molar-refractivity contribution in [2.45, 2.75) is 52.0 Å². The molecule has 30 heavy (non-hydrogen) atoms. The number of rotatable bonds is 4. The summed E-state index contributed by atoms with van der Waals surface area (Å²) in [6, 6.07) is 13.6. The summed E-state index contributed by atoms with van der Waals surface area (Å²) < 4.78 is 0. The van der Waals surface area contributed by atoms with Crippen LogP contribution in [0.15, 0.2) is 42.0 Å². The number of aryl methyl sites for hydroxylation is 1. The number of nitrogens with one attached hydrogen (secondary N) is 1. The molecular formula is C25H28ClN3O. The van der Waals surface area contributed by atoms with Crippen LogP contribution in [-0.4, -0.2) is 18.5 Å². The van der Waals surface area contributed by atoms with E-state index in [1.165, 1.54) is 11.1 Å². The van der Waals surface area contributed by atoms with Gasteiger partial charge < -0.3 is 10.2 Å². The standard InChI is InChI=1S/C25H28ClN3O/c1-6-17-7-9-20(10-8-17)28-24(30)19(15-27)11-18-12-21-16(2)14-25(3,4)29(5)23(21)13-22(18)26/h7-13,16H,6,14H2,1-5H3,(H,28,30)/b19-11-/t16-/m0/s1. The molecule has 0 aromatic heterocycles. The summed E-state index contributed by atoms with van der Waals surface area (Å²) in [5.74, 6) is -0.0890. The number of nitriles is 1. The van der Waals surface area contributed by atoms with Crippen LogP contribution in [0, 0.1) is 11.3 Å². The average molecular weight is 422 g/mol. The van der Waals surface area contributed by atoms with Gasteiger partial charge in [0.05, 0.1) is 0 Å². The smallest absolute Gasteiger partial charge is 0.266 e. The van der Waals surface area contributed by atoms with Crippen LogP contribution in [0.25, 0.3) is 6.08 Å². The van der Waals surface area contributed by atoms with Crippen molar-refractivity contribution in [2.75, 3.05) is 17.3 Å². The van der Waals surface area contributed by atoms with E-state index in [-0.39, 0.29) is 11.1 Å². The highest BCUT2D eigenvalue weighted by Gasteiger charge is 2.34. The van der Waals surface area contributed by atoms with Crippen molar-refractivity contribution in [3.05, 3.63) is 63.7 Å². The molecule has 4 nitrogen and oxygen atoms in total. The molecule has 2 aromatic rings. The Bertz CT molecular complexity index is 1030. The topological polar surface area (TPSA) is 56.1 Å². The van der Waals surface area contributed by atoms with E-state index < -0.39 is 5.91 Å². The molecule has 1 atom stereocenters. The van der Waals surface area contributed by atoms with E-state index in [0.29, 0.717) is 22.2 Å². The Hall–Kier alpha value is -2.77. The molecule has 1 heterocycles. The van der Waals surface area contributed by atoms with Crippen molar-refractivity contribution < 1.29 is 4.79 Å². The molecule has 1 aliphatic heterocycles. The first-order chi connectivity index (χ1) is 14.2. The lowest BCUT2D eigenvalue weighted by atomic mass is 9.80. The van der Waals surface area contributed by atoms with E-state index in [9.17, 15) is 10.1 Å². The SMILES string of the molecule is CCc1ccc(NC(=O)/C(C#N)=C\c2cc3c(cc2Cl)N(C)C(C)(C)C[C@@H]3C)cc1. The summed E-state index contributed by atoms with van der Waals surface area (Å²) in [7, 11) is 2.08. The first kappa shape index (κ1) is 21.9. The molecule has 0 saturated carbocycles. The maximum Gasteiger partial charge on any atom is 0.266 e. The predicted octanol–water partition coefficient (Wildman–Crippen LogP) is 6.17. The summed E-state index contributed by atoms with van der Waals surface area (Å²) >= 11 is 6.55. The number of benzene rings is 2. The minimum absolute atomic E-state index is 0.0218. The molecule has 0 unspecified atom stereocenters. The van der Waals surface area contributed by atoms with Gasteiger partial charge >= 0.3 is 0 Å². The van der Waals surface area contributed by atoms with Gasteiger partial charge in [-0.1, -0.05) is 37.6 Å². The maximum absolute atomic E-state index is 12.7. The van der Waals surface area contributed by atoms with Gasteiger partial charge in [0, 0.05) is 29.0 Å². The number of anilines is 2. The van der Waals surface area contributed by atoms with Crippen LogP contribution in [0.1, 0.15) is 56.7 Å². The Morgan fingerprint density at radius 2 is 2.00 bits per heavy atom. The second-order valence-electron chi connectivity index (χ2n) is 8.58. The number of carbonyl (C=O) groups is 1. The van der Waals surface area contributed by atoms with Gasteiger partial charge in [-0.15, -0.1) is 0 Å². The fourth-order valence-corrected chi connectivity index (χ4v) is 4.25. The van der Waals surface area contributed by atoms with Gasteiger partial charge in [0.15, 0.2) is 0 Å². The molecule has 0 fully saturated rings. The van der Waals surface area contributed by atoms with E-state index in [2.05, 4.69) is 45.0 Å². The van der Waals surface area contributed by atoms with Crippen LogP contribution in [0.2, 0.25) is 5.02 Å². The number of carbonyl (C=O) groups excluding carboxylic acids is 1. The highest BCUT2D eigenvalue weighted by atomic mass is 35.5. The molecule has 1 amide bonds. The first-order valence-electron chi connectivity index (χ1n) is 10.3. The Balaban J connectivity index is 1.91. The average Bonchev–Trinajstić information content (AvgIpc) is 2.71. The third-order valence-electron chi connectivity index (χ3n) is 6.04. The third kappa shape index (κ3) is 4.37. The van der Waals surface area contributed by atoms with Crippen LogP contribution in [0.3, 0.4) is 0 Å². The molecule has 156 valence electrons. The summed E-state index contributed by atoms with van der Waals surface area (Å²) in [6.45, 7) is 8.72. The number of hydrogen-bond donors (Lipinski definition) is 1. The third-order valence-corrected chi connectivity index (χ3v) is 6.36. The second-order valence-corrected chi connectivity index (χ2v) is 8.99. The first-order valence-corrected chi connectivity index (χ1v) is 10.6. The van der Waals surface area contributed by atoms with Gasteiger partial charge in [-0.3, -0.25) is 4.79 Å². The molecule has 0 aliphatic carbocycles. The highest BCUT2D eigenvalue weighted by Crippen LogP contribution is 2.44. The molecule has 1 N–H and O–H groups in total. The molecule has 2 aromatic carbocycles. The zero-order valence-electron chi connectivity index (χ0n) is 18.2. The van der Waals surface area contributed by atoms with Crippen molar-refractivity contribution in [3.8, 4) is 6.07 Å². The normalized spacial score (nSPS) is 17.8. The van der Waals surface area contributed by atoms with Crippen LogP contribution in [-0.2, 0) is 11.2 Å². The molecular weight excluding hydrogens is 394 g/mol. The fourth-order valence-electron chi connectivity index (χ4n) is 4.04. The maximum atomic E-state index is 12.7. The number of fused-ring (bicyclic) bond motifs is 1. The van der Waals surface area contributed by atoms with E-state index >= 15 is 0 Å². The second kappa shape index (κ2) is 8.53. The molecule has 1 aliphatic rings. The highest BCUT2D eigenvalue weighted by molar-refractivity contribution is 6.32. The van der Waals surface area contributed by atoms with E-state index in [4.69, 9.17) is 11.6 Å². The Kier molecular flexibility index (Phi) is 6.24. The van der Waals surface area contributed by atoms with Gasteiger partial charge in [-0.25, -0.2) is 0 Å². The number of amides is 1. The Morgan fingerprint density at radius 1 is 1.33 bits per heavy atom. The Labute approximate surface area is 184 Å². The van der Waals surface area contributed by atoms with Crippen molar-refractivity contribution in [1.82, 2.24) is 0 Å². The quantitative estimate of drug-likeness (QED) is 0.474. The number of halogens is 1. The van der Waals surface area contributed by atoms with Gasteiger partial charge in [-0.05, 0) is 79.6 Å². The van der Waals surface area contributed by atoms with Crippen molar-refractivity contribution >= 4 is 35.0 Å². The molecule has 0 saturated heterocycles. The van der Waals surface area contributed by atoms with Gasteiger partial charge in [0.1, 0.15) is 11.6 Å². The summed E-state index contributed by atoms with van der Waals surface area (Å²) in [6.07, 6.45) is 3.52. The van der Waals surface area contributed by atoms with Gasteiger partial charge in [0.25, 0.3) is 5.91 Å². The van der Waals surface area contributed by atoms with E-state index in [0.717, 1.165) is 18.5 Å². The van der Waals surface area contributed by atoms with Crippen LogP contribution < -0.4 is 10.2 Å². The van der Waals surface area contributed by atoms with Crippen LogP contribution >= 0.6 is 11.6 Å². The van der Waals surface area contributed by atoms with Crippen molar-refractivity contribution in [3.63, 3.8) is 0 Å². The minimum Gasteiger partial charge on any atom is -0.369 e. The van der Waals surface area contributed by atoms with Crippen LogP contribution in [0.5, 0.6) is 0 Å². The van der Waals surface area contributed by atoms with Crippen molar-refractivity contribution in [2.24, 2.45) is 0 Å². The largest absolute Gasteiger partial charge is 0.369 e. The lowest BCUT2D eigenvalue weighted by Crippen LogP contribution is -2.45. The van der Waals surface area contributed by atoms with Crippen LogP contribution in [0.4, 0.5) is 11.4 Å². The minimum atomic E-state index is -0.443. The van der Waals surface area contributed by atoms with E-state index in [1.807, 2.05) is 42.5 Å². The lowest BCUT2D eigenvalue weighted by molar-refractivity contribution is -0.112. The van der Waals surface area contributed by atoms with E-state index in [1.54, 1.807) is 6.08 Å². The number of hydrogen-bond acceptors (Lipinski definition) is 3. The Morgan fingerprint density at radius 3 is 2.60 bits per heavy atom. The molecule has 0 spiro atoms. The molecule has 3 rings (SSSR count). The number of nitrogens with zero attached hydrogens (tertiary/aromatic N) is 2. The predicted molar refractivity (Wildman–Crippen MR) is 125 cm³/mol. The summed E-state index contributed by atoms with van der Waals surface area (Å²) in [4.78, 5) is 14.9. The zero-order valence-corrected chi connectivity index (χ0v) is 19.0. The van der Waals surface area contributed by atoms with Crippen molar-refractivity contribution in [1.29, 1.82) is 5.26 Å². The molecule has 0 radical (unpaired) electrons. The summed E-state index contributed by atoms with van der Waals surface area (Å²) in [5, 5.41) is 12.9. The molecule has 0 bridgehead atoms. The fraction of sp³-hybridized carbons (Fsp3) is 0.360. The molecule has 5 heteroatoms. The zero-order chi connectivity index (χ0) is 22.1. The van der Waals surface area contributed by atoms with Gasteiger partial charge in [0.2, 0.25) is 0 Å². The monoisotopic (exact) mass is 421 g/mol. The summed E-state index contributed by atoms with van der Waals surface area (Å²) in [5.41, 5.74) is 4.87.